The van der Waals surface area contributed by atoms with Gasteiger partial charge in [-0.2, -0.15) is 9.78 Å². The summed E-state index contributed by atoms with van der Waals surface area (Å²) in [6.07, 6.45) is 0. The fourth-order valence-electron chi connectivity index (χ4n) is 2.39. The van der Waals surface area contributed by atoms with Gasteiger partial charge in [-0.3, -0.25) is 4.90 Å². The Morgan fingerprint density at radius 1 is 1.32 bits per heavy atom. The molecule has 1 atom stereocenters. The molecule has 0 bridgehead atoms. The number of aromatic nitrogens is 3. The number of hydrogen-bond acceptors (Lipinski definition) is 6. The van der Waals surface area contributed by atoms with E-state index >= 15 is 0 Å². The van der Waals surface area contributed by atoms with Crippen molar-refractivity contribution in [2.24, 2.45) is 5.10 Å². The summed E-state index contributed by atoms with van der Waals surface area (Å²) in [6, 6.07) is 0. The Hall–Kier alpha value is -0.920. The van der Waals surface area contributed by atoms with Gasteiger partial charge in [0.2, 0.25) is 5.16 Å². The van der Waals surface area contributed by atoms with Crippen LogP contribution in [0.15, 0.2) is 10.3 Å². The van der Waals surface area contributed by atoms with Crippen LogP contribution in [0.25, 0.3) is 0 Å². The van der Waals surface area contributed by atoms with Crippen LogP contribution in [-0.4, -0.2) is 64.1 Å². The minimum Gasteiger partial charge on any atom is -0.379 e. The first-order valence-electron chi connectivity index (χ1n) is 6.66. The van der Waals surface area contributed by atoms with Crippen molar-refractivity contribution in [2.45, 2.75) is 24.9 Å². The molecule has 0 radical (unpaired) electrons. The van der Waals surface area contributed by atoms with Gasteiger partial charge in [-0.1, -0.05) is 18.7 Å². The van der Waals surface area contributed by atoms with Gasteiger partial charge in [0.05, 0.1) is 13.2 Å². The first-order valence-corrected chi connectivity index (χ1v) is 7.65. The number of nitrogens with zero attached hydrogens (tertiary/aromatic N) is 5. The first kappa shape index (κ1) is 13.1. The zero-order valence-corrected chi connectivity index (χ0v) is 12.2. The minimum atomic E-state index is 0.328. The molecule has 1 fully saturated rings. The maximum Gasteiger partial charge on any atom is 0.212 e. The molecular formula is C12H19N5OS. The zero-order chi connectivity index (χ0) is 13.2. The van der Waals surface area contributed by atoms with Gasteiger partial charge in [0.1, 0.15) is 0 Å². The Morgan fingerprint density at radius 3 is 2.89 bits per heavy atom. The number of rotatable bonds is 3. The lowest BCUT2D eigenvalue weighted by molar-refractivity contribution is 0.0353. The molecule has 2 aliphatic heterocycles. The molecule has 0 aromatic carbocycles. The highest BCUT2D eigenvalue weighted by Gasteiger charge is 2.23. The van der Waals surface area contributed by atoms with Crippen molar-refractivity contribution in [1.29, 1.82) is 0 Å². The van der Waals surface area contributed by atoms with Gasteiger partial charge < -0.3 is 4.74 Å². The van der Waals surface area contributed by atoms with Crippen LogP contribution in [-0.2, 0) is 4.74 Å². The number of fused-ring (bicyclic) bond motifs is 1. The smallest absolute Gasteiger partial charge is 0.212 e. The standard InChI is InChI=1S/C12H19N5OS/c1-9(7-16-3-5-18-6-4-16)11-13-14-12-17(11)15-10(2)8-19-12/h9H,3-8H2,1-2H3. The number of morpholine rings is 1. The van der Waals surface area contributed by atoms with Crippen LogP contribution in [0.5, 0.6) is 0 Å². The van der Waals surface area contributed by atoms with Crippen molar-refractivity contribution >= 4 is 17.5 Å². The highest BCUT2D eigenvalue weighted by atomic mass is 32.2. The molecule has 19 heavy (non-hydrogen) atoms. The van der Waals surface area contributed by atoms with Crippen LogP contribution >= 0.6 is 11.8 Å². The summed E-state index contributed by atoms with van der Waals surface area (Å²) >= 11 is 1.71. The van der Waals surface area contributed by atoms with E-state index in [1.807, 2.05) is 11.6 Å². The lowest BCUT2D eigenvalue weighted by Crippen LogP contribution is -2.38. The molecule has 1 unspecified atom stereocenters. The summed E-state index contributed by atoms with van der Waals surface area (Å²) in [7, 11) is 0. The van der Waals surface area contributed by atoms with Crippen molar-refractivity contribution in [3.63, 3.8) is 0 Å². The quantitative estimate of drug-likeness (QED) is 0.828. The molecule has 6 nitrogen and oxygen atoms in total. The van der Waals surface area contributed by atoms with Crippen molar-refractivity contribution < 1.29 is 4.74 Å². The van der Waals surface area contributed by atoms with Gasteiger partial charge in [0.15, 0.2) is 5.82 Å². The third-order valence-electron chi connectivity index (χ3n) is 3.39. The van der Waals surface area contributed by atoms with Crippen LogP contribution in [0, 0.1) is 0 Å². The fraction of sp³-hybridized carbons (Fsp3) is 0.750. The molecule has 104 valence electrons. The highest BCUT2D eigenvalue weighted by molar-refractivity contribution is 7.99. The predicted octanol–water partition coefficient (Wildman–Crippen LogP) is 1.04. The van der Waals surface area contributed by atoms with E-state index < -0.39 is 0 Å². The van der Waals surface area contributed by atoms with E-state index in [1.165, 1.54) is 0 Å². The number of thioether (sulfide) groups is 1. The Bertz CT molecular complexity index is 480. The monoisotopic (exact) mass is 281 g/mol. The molecule has 3 heterocycles. The maximum absolute atomic E-state index is 5.38. The molecule has 1 aromatic heterocycles. The molecule has 0 aliphatic carbocycles. The van der Waals surface area contributed by atoms with E-state index in [1.54, 1.807) is 11.8 Å². The summed E-state index contributed by atoms with van der Waals surface area (Å²) in [5.41, 5.74) is 1.12. The second kappa shape index (κ2) is 5.60. The SMILES string of the molecule is CC1=Nn2c(nnc2C(C)CN2CCOCC2)SC1. The average molecular weight is 281 g/mol. The normalized spacial score (nSPS) is 21.9. The van der Waals surface area contributed by atoms with E-state index in [9.17, 15) is 0 Å². The van der Waals surface area contributed by atoms with Crippen LogP contribution in [0.2, 0.25) is 0 Å². The third kappa shape index (κ3) is 2.82. The second-order valence-electron chi connectivity index (χ2n) is 5.09. The molecule has 2 aliphatic rings. The molecule has 7 heteroatoms. The molecule has 1 saturated heterocycles. The summed E-state index contributed by atoms with van der Waals surface area (Å²) in [4.78, 5) is 2.42. The highest BCUT2D eigenvalue weighted by Crippen LogP contribution is 2.25. The van der Waals surface area contributed by atoms with Gasteiger partial charge >= 0.3 is 0 Å². The van der Waals surface area contributed by atoms with Gasteiger partial charge in [0, 0.05) is 37.0 Å². The van der Waals surface area contributed by atoms with E-state index in [0.717, 1.165) is 55.3 Å². The molecular weight excluding hydrogens is 262 g/mol. The Kier molecular flexibility index (Phi) is 3.86. The summed E-state index contributed by atoms with van der Waals surface area (Å²) in [5.74, 6) is 2.21. The predicted molar refractivity (Wildman–Crippen MR) is 74.9 cm³/mol. The van der Waals surface area contributed by atoms with Crippen molar-refractivity contribution in [3.8, 4) is 0 Å². The zero-order valence-electron chi connectivity index (χ0n) is 11.4. The maximum atomic E-state index is 5.38. The lowest BCUT2D eigenvalue weighted by atomic mass is 10.1. The summed E-state index contributed by atoms with van der Waals surface area (Å²) < 4.78 is 7.29. The Balaban J connectivity index is 1.73. The van der Waals surface area contributed by atoms with Crippen LogP contribution in [0.3, 0.4) is 0 Å². The van der Waals surface area contributed by atoms with Crippen LogP contribution in [0.1, 0.15) is 25.6 Å². The van der Waals surface area contributed by atoms with Crippen molar-refractivity contribution in [1.82, 2.24) is 19.8 Å². The van der Waals surface area contributed by atoms with Crippen LogP contribution < -0.4 is 0 Å². The molecule has 0 saturated carbocycles. The first-order chi connectivity index (χ1) is 9.24. The topological polar surface area (TPSA) is 55.5 Å². The van der Waals surface area contributed by atoms with Gasteiger partial charge in [-0.25, -0.2) is 0 Å². The fourth-order valence-corrected chi connectivity index (χ4v) is 3.14. The molecule has 3 rings (SSSR count). The minimum absolute atomic E-state index is 0.328. The lowest BCUT2D eigenvalue weighted by Gasteiger charge is -2.28. The van der Waals surface area contributed by atoms with Gasteiger partial charge in [-0.15, -0.1) is 10.2 Å². The van der Waals surface area contributed by atoms with Gasteiger partial charge in [0.25, 0.3) is 0 Å². The number of ether oxygens (including phenoxy) is 1. The van der Waals surface area contributed by atoms with Crippen molar-refractivity contribution in [3.05, 3.63) is 5.82 Å². The largest absolute Gasteiger partial charge is 0.379 e. The van der Waals surface area contributed by atoms with E-state index in [0.29, 0.717) is 5.92 Å². The summed E-state index contributed by atoms with van der Waals surface area (Å²) in [5, 5.41) is 14.0. The summed E-state index contributed by atoms with van der Waals surface area (Å²) in [6.45, 7) is 8.89. The number of hydrogen-bond donors (Lipinski definition) is 0. The third-order valence-corrected chi connectivity index (χ3v) is 4.47. The van der Waals surface area contributed by atoms with Gasteiger partial charge in [-0.05, 0) is 6.92 Å². The Labute approximate surface area is 117 Å². The Morgan fingerprint density at radius 2 is 2.11 bits per heavy atom. The molecule has 0 spiro atoms. The van der Waals surface area contributed by atoms with E-state index in [4.69, 9.17) is 4.74 Å². The molecule has 0 amide bonds. The van der Waals surface area contributed by atoms with Crippen molar-refractivity contribution in [2.75, 3.05) is 38.6 Å². The molecule has 1 aromatic rings. The van der Waals surface area contributed by atoms with Crippen LogP contribution in [0.4, 0.5) is 0 Å². The second-order valence-corrected chi connectivity index (χ2v) is 6.03. The molecule has 0 N–H and O–H groups in total. The average Bonchev–Trinajstić information content (AvgIpc) is 2.82. The van der Waals surface area contributed by atoms with E-state index in [-0.39, 0.29) is 0 Å². The van der Waals surface area contributed by atoms with E-state index in [2.05, 4.69) is 27.1 Å².